The summed E-state index contributed by atoms with van der Waals surface area (Å²) >= 11 is 0. The molecule has 0 amide bonds. The highest BCUT2D eigenvalue weighted by Crippen LogP contribution is 2.31. The summed E-state index contributed by atoms with van der Waals surface area (Å²) < 4.78 is 89.3. The fraction of sp³-hybridized carbons (Fsp3) is 0.280. The molecule has 2 aromatic carbocycles. The molecule has 0 unspecified atom stereocenters. The number of fused-ring (bicyclic) bond motifs is 1. The van der Waals surface area contributed by atoms with Crippen LogP contribution in [0.4, 0.5) is 26.3 Å². The van der Waals surface area contributed by atoms with E-state index in [1.807, 2.05) is 0 Å². The molecule has 0 fully saturated rings. The molecule has 0 bridgehead atoms. The van der Waals surface area contributed by atoms with E-state index in [0.29, 0.717) is 11.3 Å². The Kier molecular flexibility index (Phi) is 7.19. The zero-order valence-electron chi connectivity index (χ0n) is 19.4. The third kappa shape index (κ3) is 6.43. The van der Waals surface area contributed by atoms with Crippen LogP contribution in [0.5, 0.6) is 5.75 Å². The van der Waals surface area contributed by atoms with E-state index in [1.165, 1.54) is 6.07 Å². The Bertz CT molecular complexity index is 1390. The van der Waals surface area contributed by atoms with E-state index in [9.17, 15) is 31.1 Å². The third-order valence-electron chi connectivity index (χ3n) is 5.47. The molecule has 0 saturated carbocycles. The molecule has 4 rings (SSSR count). The van der Waals surface area contributed by atoms with Crippen molar-refractivity contribution in [2.24, 2.45) is 0 Å². The monoisotopic (exact) mass is 525 g/mol. The molecule has 12 heteroatoms. The molecule has 0 spiro atoms. The molecule has 0 aliphatic carbocycles. The molecule has 0 aliphatic rings. The summed E-state index contributed by atoms with van der Waals surface area (Å²) in [5.41, 5.74) is 0.911. The molecule has 1 N–H and O–H groups in total. The topological polar surface area (TPSA) is 69.1 Å². The van der Waals surface area contributed by atoms with E-state index in [4.69, 9.17) is 9.47 Å². The van der Waals surface area contributed by atoms with Crippen molar-refractivity contribution in [1.82, 2.24) is 14.8 Å². The summed E-state index contributed by atoms with van der Waals surface area (Å²) in [6, 6.07) is 10.3. The van der Waals surface area contributed by atoms with Gasteiger partial charge >= 0.3 is 18.3 Å². The van der Waals surface area contributed by atoms with Crippen molar-refractivity contribution in [3.63, 3.8) is 0 Å². The van der Waals surface area contributed by atoms with Gasteiger partial charge in [0, 0.05) is 28.7 Å². The van der Waals surface area contributed by atoms with Gasteiger partial charge in [0.25, 0.3) is 0 Å². The molecule has 0 aliphatic heterocycles. The third-order valence-corrected chi connectivity index (χ3v) is 5.47. The van der Waals surface area contributed by atoms with Crippen molar-refractivity contribution in [3.8, 4) is 17.0 Å². The highest BCUT2D eigenvalue weighted by Gasteiger charge is 2.31. The van der Waals surface area contributed by atoms with Gasteiger partial charge in [-0.15, -0.1) is 0 Å². The first-order valence-corrected chi connectivity index (χ1v) is 11.1. The number of benzene rings is 2. The number of hydrogen-bond donors (Lipinski definition) is 1. The van der Waals surface area contributed by atoms with Gasteiger partial charge in [0.2, 0.25) is 0 Å². The van der Waals surface area contributed by atoms with E-state index in [0.717, 1.165) is 39.9 Å². The highest BCUT2D eigenvalue weighted by atomic mass is 19.4. The van der Waals surface area contributed by atoms with Crippen molar-refractivity contribution >= 4 is 16.9 Å². The van der Waals surface area contributed by atoms with Gasteiger partial charge in [-0.3, -0.25) is 9.48 Å². The zero-order valence-corrected chi connectivity index (χ0v) is 19.4. The first kappa shape index (κ1) is 26.1. The number of nitrogens with one attached hydrogen (secondary N) is 1. The second-order valence-corrected chi connectivity index (χ2v) is 8.16. The number of esters is 1. The fourth-order valence-corrected chi connectivity index (χ4v) is 3.78. The molecule has 4 aromatic rings. The number of carbonyl (C=O) groups excluding carboxylic acids is 1. The number of aromatic nitrogens is 3. The SMILES string of the molecule is CCOC(=O)Cc1c[nH]c2cc(OCc3cc(-c4ccc(C(F)(F)F)cc4)nn3CC(F)(F)F)ccc12. The summed E-state index contributed by atoms with van der Waals surface area (Å²) in [5.74, 6) is -0.0154. The Labute approximate surface area is 206 Å². The lowest BCUT2D eigenvalue weighted by atomic mass is 10.1. The van der Waals surface area contributed by atoms with Gasteiger partial charge < -0.3 is 14.5 Å². The number of rotatable bonds is 8. The predicted octanol–water partition coefficient (Wildman–Crippen LogP) is 6.30. The van der Waals surface area contributed by atoms with E-state index in [2.05, 4.69) is 10.1 Å². The molecule has 0 radical (unpaired) electrons. The van der Waals surface area contributed by atoms with Crippen LogP contribution in [0.25, 0.3) is 22.2 Å². The number of H-pyrrole nitrogens is 1. The Balaban J connectivity index is 1.54. The molecule has 0 saturated heterocycles. The van der Waals surface area contributed by atoms with Gasteiger partial charge in [-0.1, -0.05) is 12.1 Å². The standard InChI is InChI=1S/C25H21F6N3O3/c1-2-36-23(35)9-16-12-32-22-11-19(7-8-20(16)22)37-13-18-10-21(33-34(18)14-24(26,27)28)15-3-5-17(6-4-15)25(29,30)31/h3-8,10-12,32H,2,9,13-14H2,1H3. The molecule has 37 heavy (non-hydrogen) atoms. The van der Waals surface area contributed by atoms with Crippen molar-refractivity contribution < 1.29 is 40.6 Å². The Morgan fingerprint density at radius 3 is 2.41 bits per heavy atom. The first-order chi connectivity index (χ1) is 17.4. The summed E-state index contributed by atoms with van der Waals surface area (Å²) in [6.45, 7) is 0.319. The number of aromatic amines is 1. The van der Waals surface area contributed by atoms with Gasteiger partial charge in [-0.2, -0.15) is 31.4 Å². The van der Waals surface area contributed by atoms with Crippen LogP contribution >= 0.6 is 0 Å². The maximum Gasteiger partial charge on any atom is 0.416 e. The van der Waals surface area contributed by atoms with Crippen molar-refractivity contribution in [2.75, 3.05) is 6.61 Å². The van der Waals surface area contributed by atoms with Crippen molar-refractivity contribution in [3.05, 3.63) is 71.5 Å². The number of alkyl halides is 6. The van der Waals surface area contributed by atoms with Crippen LogP contribution in [0, 0.1) is 0 Å². The fourth-order valence-electron chi connectivity index (χ4n) is 3.78. The van der Waals surface area contributed by atoms with Crippen LogP contribution in [-0.4, -0.2) is 33.5 Å². The van der Waals surface area contributed by atoms with Gasteiger partial charge in [-0.05, 0) is 42.8 Å². The van der Waals surface area contributed by atoms with Gasteiger partial charge in [0.05, 0.1) is 30.0 Å². The normalized spacial score (nSPS) is 12.2. The van der Waals surface area contributed by atoms with E-state index >= 15 is 0 Å². The first-order valence-electron chi connectivity index (χ1n) is 11.1. The van der Waals surface area contributed by atoms with E-state index < -0.39 is 24.5 Å². The van der Waals surface area contributed by atoms with E-state index in [-0.39, 0.29) is 42.6 Å². The van der Waals surface area contributed by atoms with Crippen LogP contribution in [-0.2, 0) is 35.3 Å². The summed E-state index contributed by atoms with van der Waals surface area (Å²) in [4.78, 5) is 14.8. The summed E-state index contributed by atoms with van der Waals surface area (Å²) in [7, 11) is 0. The molecule has 196 valence electrons. The van der Waals surface area contributed by atoms with Gasteiger partial charge in [0.15, 0.2) is 0 Å². The van der Waals surface area contributed by atoms with Crippen LogP contribution < -0.4 is 4.74 Å². The molecular formula is C25H21F6N3O3. The average Bonchev–Trinajstić information content (AvgIpc) is 3.40. The Morgan fingerprint density at radius 2 is 1.76 bits per heavy atom. The summed E-state index contributed by atoms with van der Waals surface area (Å²) in [6.07, 6.45) is -7.36. The lowest BCUT2D eigenvalue weighted by molar-refractivity contribution is -0.143. The highest BCUT2D eigenvalue weighted by molar-refractivity contribution is 5.88. The number of hydrogen-bond acceptors (Lipinski definition) is 4. The summed E-state index contributed by atoms with van der Waals surface area (Å²) in [5, 5.41) is 4.72. The van der Waals surface area contributed by atoms with Crippen LogP contribution in [0.15, 0.2) is 54.7 Å². The van der Waals surface area contributed by atoms with Crippen molar-refractivity contribution in [2.45, 2.75) is 38.8 Å². The maximum absolute atomic E-state index is 13.1. The van der Waals surface area contributed by atoms with Crippen LogP contribution in [0.3, 0.4) is 0 Å². The minimum atomic E-state index is -4.57. The second kappa shape index (κ2) is 10.2. The van der Waals surface area contributed by atoms with Crippen LogP contribution in [0.2, 0.25) is 0 Å². The van der Waals surface area contributed by atoms with E-state index in [1.54, 1.807) is 31.3 Å². The lowest BCUT2D eigenvalue weighted by Crippen LogP contribution is -2.21. The van der Waals surface area contributed by atoms with Crippen LogP contribution in [0.1, 0.15) is 23.7 Å². The predicted molar refractivity (Wildman–Crippen MR) is 122 cm³/mol. The smallest absolute Gasteiger partial charge is 0.416 e. The number of carbonyl (C=O) groups is 1. The van der Waals surface area contributed by atoms with Gasteiger partial charge in [0.1, 0.15) is 18.9 Å². The molecule has 2 aromatic heterocycles. The van der Waals surface area contributed by atoms with Gasteiger partial charge in [-0.25, -0.2) is 0 Å². The van der Waals surface area contributed by atoms with Crippen molar-refractivity contribution in [1.29, 1.82) is 0 Å². The molecular weight excluding hydrogens is 504 g/mol. The molecule has 2 heterocycles. The number of ether oxygens (including phenoxy) is 2. The quantitative estimate of drug-likeness (QED) is 0.217. The zero-order chi connectivity index (χ0) is 26.8. The number of nitrogens with zero attached hydrogens (tertiary/aromatic N) is 2. The molecule has 0 atom stereocenters. The lowest BCUT2D eigenvalue weighted by Gasteiger charge is -2.11. The average molecular weight is 525 g/mol. The maximum atomic E-state index is 13.1. The number of halogens is 6. The minimum Gasteiger partial charge on any atom is -0.487 e. The largest absolute Gasteiger partial charge is 0.487 e. The Morgan fingerprint density at radius 1 is 1.03 bits per heavy atom. The Hall–Kier alpha value is -3.96. The second-order valence-electron chi connectivity index (χ2n) is 8.16. The molecule has 6 nitrogen and oxygen atoms in total. The minimum absolute atomic E-state index is 0.0808.